The molecule has 10 heteroatoms. The molecule has 30 heavy (non-hydrogen) atoms. The third-order valence-corrected chi connectivity index (χ3v) is 5.61. The summed E-state index contributed by atoms with van der Waals surface area (Å²) in [5.74, 6) is 1.25. The van der Waals surface area contributed by atoms with E-state index in [9.17, 15) is 5.11 Å². The van der Waals surface area contributed by atoms with E-state index in [0.29, 0.717) is 5.92 Å². The van der Waals surface area contributed by atoms with Gasteiger partial charge >= 0.3 is 0 Å². The minimum atomic E-state index is -0.251. The van der Waals surface area contributed by atoms with Gasteiger partial charge in [-0.2, -0.15) is 0 Å². The van der Waals surface area contributed by atoms with Crippen molar-refractivity contribution in [3.63, 3.8) is 0 Å². The van der Waals surface area contributed by atoms with E-state index in [2.05, 4.69) is 43.9 Å². The second kappa shape index (κ2) is 9.97. The first-order valence-corrected chi connectivity index (χ1v) is 10.8. The lowest BCUT2D eigenvalue weighted by atomic mass is 10.2. The van der Waals surface area contributed by atoms with Gasteiger partial charge in [-0.1, -0.05) is 13.8 Å². The van der Waals surface area contributed by atoms with Gasteiger partial charge < -0.3 is 19.9 Å². The van der Waals surface area contributed by atoms with Crippen molar-refractivity contribution < 1.29 is 14.6 Å². The minimum absolute atomic E-state index is 0.00659. The van der Waals surface area contributed by atoms with Gasteiger partial charge in [0, 0.05) is 45.8 Å². The lowest BCUT2D eigenvalue weighted by Crippen LogP contribution is -2.50. The van der Waals surface area contributed by atoms with Crippen LogP contribution in [0.4, 0.5) is 5.82 Å². The SMILES string of the molecule is CC(C)CNc1ncnc2c1ncn2[C@H]1CN(CCN2CCOCC2)C[C@@H](CO)O1. The quantitative estimate of drug-likeness (QED) is 0.630. The Morgan fingerprint density at radius 2 is 1.93 bits per heavy atom. The lowest BCUT2D eigenvalue weighted by molar-refractivity contribution is -0.134. The Morgan fingerprint density at radius 3 is 2.70 bits per heavy atom. The second-order valence-corrected chi connectivity index (χ2v) is 8.43. The monoisotopic (exact) mass is 419 g/mol. The van der Waals surface area contributed by atoms with Crippen LogP contribution >= 0.6 is 0 Å². The van der Waals surface area contributed by atoms with Crippen LogP contribution in [0.3, 0.4) is 0 Å². The standard InChI is InChI=1S/C20H33N7O3/c1-15(2)9-21-19-18-20(23-13-22-19)27(14-24-18)17-11-26(10-16(12-28)30-17)4-3-25-5-7-29-8-6-25/h13-17,28H,3-12H2,1-2H3,(H,21,22,23)/t16-,17+/m0/s1. The fourth-order valence-corrected chi connectivity index (χ4v) is 3.93. The molecule has 0 saturated carbocycles. The molecule has 0 radical (unpaired) electrons. The average Bonchev–Trinajstić information content (AvgIpc) is 3.21. The second-order valence-electron chi connectivity index (χ2n) is 8.43. The summed E-state index contributed by atoms with van der Waals surface area (Å²) in [6, 6.07) is 0. The molecule has 10 nitrogen and oxygen atoms in total. The number of hydrogen-bond acceptors (Lipinski definition) is 9. The Hall–Kier alpha value is -1.85. The van der Waals surface area contributed by atoms with Crippen molar-refractivity contribution in [2.75, 3.05) is 71.0 Å². The van der Waals surface area contributed by atoms with Gasteiger partial charge in [0.05, 0.1) is 32.3 Å². The first-order chi connectivity index (χ1) is 14.6. The van der Waals surface area contributed by atoms with Gasteiger partial charge in [-0.15, -0.1) is 0 Å². The van der Waals surface area contributed by atoms with E-state index >= 15 is 0 Å². The van der Waals surface area contributed by atoms with Gasteiger partial charge in [0.25, 0.3) is 0 Å². The predicted molar refractivity (Wildman–Crippen MR) is 113 cm³/mol. The highest BCUT2D eigenvalue weighted by atomic mass is 16.5. The Morgan fingerprint density at radius 1 is 1.13 bits per heavy atom. The van der Waals surface area contributed by atoms with Crippen LogP contribution in [-0.4, -0.2) is 106 Å². The molecule has 2 aromatic heterocycles. The van der Waals surface area contributed by atoms with Crippen molar-refractivity contribution in [1.29, 1.82) is 0 Å². The van der Waals surface area contributed by atoms with E-state index in [1.165, 1.54) is 0 Å². The third kappa shape index (κ3) is 5.06. The number of aliphatic hydroxyl groups excluding tert-OH is 1. The number of ether oxygens (including phenoxy) is 2. The van der Waals surface area contributed by atoms with E-state index in [4.69, 9.17) is 9.47 Å². The highest BCUT2D eigenvalue weighted by Crippen LogP contribution is 2.25. The number of hydrogen-bond donors (Lipinski definition) is 2. The number of anilines is 1. The summed E-state index contributed by atoms with van der Waals surface area (Å²) in [6.07, 6.45) is 2.85. The normalized spacial score (nSPS) is 24.0. The molecule has 0 amide bonds. The smallest absolute Gasteiger partial charge is 0.167 e. The van der Waals surface area contributed by atoms with Crippen LogP contribution in [0, 0.1) is 5.92 Å². The fraction of sp³-hybridized carbons (Fsp3) is 0.750. The van der Waals surface area contributed by atoms with E-state index in [1.54, 1.807) is 12.7 Å². The van der Waals surface area contributed by atoms with Crippen LogP contribution in [0.25, 0.3) is 11.2 Å². The molecule has 2 aliphatic rings. The molecule has 2 atom stereocenters. The summed E-state index contributed by atoms with van der Waals surface area (Å²) in [4.78, 5) is 18.2. The van der Waals surface area contributed by atoms with Gasteiger partial charge in [-0.05, 0) is 5.92 Å². The number of aliphatic hydroxyl groups is 1. The number of aromatic nitrogens is 4. The number of imidazole rings is 1. The minimum Gasteiger partial charge on any atom is -0.394 e. The first kappa shape index (κ1) is 21.4. The van der Waals surface area contributed by atoms with Crippen molar-refractivity contribution >= 4 is 17.0 Å². The molecule has 2 aliphatic heterocycles. The molecular weight excluding hydrogens is 386 g/mol. The van der Waals surface area contributed by atoms with Crippen LogP contribution in [0.2, 0.25) is 0 Å². The average molecular weight is 420 g/mol. The molecule has 4 heterocycles. The Kier molecular flexibility index (Phi) is 7.11. The topological polar surface area (TPSA) is 101 Å². The van der Waals surface area contributed by atoms with Crippen molar-refractivity contribution in [1.82, 2.24) is 29.3 Å². The van der Waals surface area contributed by atoms with Gasteiger partial charge in [0.1, 0.15) is 12.6 Å². The Labute approximate surface area is 177 Å². The molecule has 0 aliphatic carbocycles. The van der Waals surface area contributed by atoms with Crippen LogP contribution in [0.15, 0.2) is 12.7 Å². The van der Waals surface area contributed by atoms with E-state index in [0.717, 1.165) is 76.0 Å². The fourth-order valence-electron chi connectivity index (χ4n) is 3.93. The van der Waals surface area contributed by atoms with Crippen molar-refractivity contribution in [3.05, 3.63) is 12.7 Å². The molecule has 2 N–H and O–H groups in total. The largest absolute Gasteiger partial charge is 0.394 e. The highest BCUT2D eigenvalue weighted by molar-refractivity contribution is 5.82. The van der Waals surface area contributed by atoms with Crippen molar-refractivity contribution in [2.45, 2.75) is 26.2 Å². The summed E-state index contributed by atoms with van der Waals surface area (Å²) < 4.78 is 13.6. The molecule has 0 aromatic carbocycles. The summed E-state index contributed by atoms with van der Waals surface area (Å²) in [7, 11) is 0. The van der Waals surface area contributed by atoms with E-state index in [1.807, 2.05) is 4.57 Å². The predicted octanol–water partition coefficient (Wildman–Crippen LogP) is 0.418. The highest BCUT2D eigenvalue weighted by Gasteiger charge is 2.30. The first-order valence-electron chi connectivity index (χ1n) is 10.8. The molecule has 0 bridgehead atoms. The van der Waals surface area contributed by atoms with E-state index < -0.39 is 0 Å². The number of nitrogens with one attached hydrogen (secondary N) is 1. The maximum atomic E-state index is 9.78. The number of rotatable bonds is 8. The molecule has 166 valence electrons. The lowest BCUT2D eigenvalue weighted by Gasteiger charge is -2.39. The van der Waals surface area contributed by atoms with Crippen LogP contribution in [0.5, 0.6) is 0 Å². The summed E-state index contributed by atoms with van der Waals surface area (Å²) in [6.45, 7) is 12.1. The number of fused-ring (bicyclic) bond motifs is 1. The Balaban J connectivity index is 1.47. The van der Waals surface area contributed by atoms with Gasteiger partial charge in [-0.25, -0.2) is 15.0 Å². The zero-order chi connectivity index (χ0) is 20.9. The number of morpholine rings is 2. The van der Waals surface area contributed by atoms with Crippen LogP contribution in [0.1, 0.15) is 20.1 Å². The third-order valence-electron chi connectivity index (χ3n) is 5.61. The zero-order valence-corrected chi connectivity index (χ0v) is 17.9. The van der Waals surface area contributed by atoms with Crippen LogP contribution < -0.4 is 5.32 Å². The molecule has 2 aromatic rings. The molecule has 0 unspecified atom stereocenters. The van der Waals surface area contributed by atoms with Gasteiger partial charge in [-0.3, -0.25) is 14.4 Å². The molecule has 2 fully saturated rings. The molecule has 2 saturated heterocycles. The summed E-state index contributed by atoms with van der Waals surface area (Å²) in [5, 5.41) is 13.1. The molecule has 4 rings (SSSR count). The summed E-state index contributed by atoms with van der Waals surface area (Å²) >= 11 is 0. The maximum Gasteiger partial charge on any atom is 0.167 e. The van der Waals surface area contributed by atoms with Gasteiger partial charge in [0.2, 0.25) is 0 Å². The van der Waals surface area contributed by atoms with Crippen molar-refractivity contribution in [2.24, 2.45) is 5.92 Å². The molecule has 0 spiro atoms. The van der Waals surface area contributed by atoms with Gasteiger partial charge in [0.15, 0.2) is 17.0 Å². The van der Waals surface area contributed by atoms with E-state index in [-0.39, 0.29) is 18.9 Å². The Bertz CT molecular complexity index is 809. The zero-order valence-electron chi connectivity index (χ0n) is 17.9. The summed E-state index contributed by atoms with van der Waals surface area (Å²) in [5.41, 5.74) is 1.49. The van der Waals surface area contributed by atoms with Crippen molar-refractivity contribution in [3.8, 4) is 0 Å². The number of nitrogens with zero attached hydrogens (tertiary/aromatic N) is 6. The van der Waals surface area contributed by atoms with Crippen LogP contribution in [-0.2, 0) is 9.47 Å². The molecular formula is C20H33N7O3. The maximum absolute atomic E-state index is 9.78.